The summed E-state index contributed by atoms with van der Waals surface area (Å²) in [6, 6.07) is 7.94. The predicted octanol–water partition coefficient (Wildman–Crippen LogP) is 3.95. The minimum Gasteiger partial charge on any atom is -0.324 e. The van der Waals surface area contributed by atoms with Crippen molar-refractivity contribution < 1.29 is 0 Å². The van der Waals surface area contributed by atoms with Gasteiger partial charge in [-0.05, 0) is 24.1 Å². The Morgan fingerprint density at radius 1 is 1.43 bits per heavy atom. The molecule has 0 aromatic heterocycles. The smallest absolute Gasteiger partial charge is 0.0409 e. The number of nitrogens with two attached hydrogens (primary N) is 1. The summed E-state index contributed by atoms with van der Waals surface area (Å²) in [6.07, 6.45) is 3.40. The summed E-state index contributed by atoms with van der Waals surface area (Å²) in [5.41, 5.74) is 7.13. The van der Waals surface area contributed by atoms with Crippen molar-refractivity contribution in [3.05, 3.63) is 34.9 Å². The van der Waals surface area contributed by atoms with Crippen LogP contribution < -0.4 is 5.73 Å². The van der Waals surface area contributed by atoms with Gasteiger partial charge in [-0.3, -0.25) is 0 Å². The first-order valence-corrected chi connectivity index (χ1v) is 5.13. The van der Waals surface area contributed by atoms with Crippen LogP contribution in [0.3, 0.4) is 0 Å². The minimum absolute atomic E-state index is 0. The highest BCUT2D eigenvalue weighted by molar-refractivity contribution is 6.30. The maximum absolute atomic E-state index is 5.99. The van der Waals surface area contributed by atoms with Crippen molar-refractivity contribution in [3.63, 3.8) is 0 Å². The van der Waals surface area contributed by atoms with Crippen molar-refractivity contribution in [2.75, 3.05) is 0 Å². The topological polar surface area (TPSA) is 26.0 Å². The fraction of sp³-hybridized carbons (Fsp3) is 0.455. The Hall–Kier alpha value is -0.240. The van der Waals surface area contributed by atoms with Gasteiger partial charge in [0.1, 0.15) is 0 Å². The van der Waals surface area contributed by atoms with Gasteiger partial charge in [-0.1, -0.05) is 43.5 Å². The molecule has 1 aromatic rings. The first-order valence-electron chi connectivity index (χ1n) is 4.75. The van der Waals surface area contributed by atoms with Crippen LogP contribution in [0.4, 0.5) is 0 Å². The number of benzene rings is 1. The van der Waals surface area contributed by atoms with Crippen LogP contribution in [0, 0.1) is 0 Å². The molecular weight excluding hydrogens is 217 g/mol. The zero-order chi connectivity index (χ0) is 9.68. The van der Waals surface area contributed by atoms with E-state index < -0.39 is 0 Å². The van der Waals surface area contributed by atoms with E-state index in [2.05, 4.69) is 6.92 Å². The van der Waals surface area contributed by atoms with Crippen LogP contribution in [0.2, 0.25) is 5.02 Å². The number of unbranched alkanes of at least 4 members (excludes halogenated alkanes) is 1. The normalized spacial score (nSPS) is 11.9. The lowest BCUT2D eigenvalue weighted by molar-refractivity contribution is 0.603. The van der Waals surface area contributed by atoms with Gasteiger partial charge in [0.15, 0.2) is 0 Å². The molecule has 1 atom stereocenters. The Morgan fingerprint density at radius 3 is 2.71 bits per heavy atom. The Morgan fingerprint density at radius 2 is 2.14 bits per heavy atom. The maximum Gasteiger partial charge on any atom is 0.0409 e. The van der Waals surface area contributed by atoms with E-state index >= 15 is 0 Å². The van der Waals surface area contributed by atoms with Gasteiger partial charge in [0.2, 0.25) is 0 Å². The van der Waals surface area contributed by atoms with Crippen LogP contribution in [-0.4, -0.2) is 0 Å². The van der Waals surface area contributed by atoms with Gasteiger partial charge >= 0.3 is 0 Å². The molecule has 0 saturated carbocycles. The van der Waals surface area contributed by atoms with Gasteiger partial charge in [-0.2, -0.15) is 0 Å². The summed E-state index contributed by atoms with van der Waals surface area (Å²) in [5.74, 6) is 0. The molecule has 0 spiro atoms. The van der Waals surface area contributed by atoms with E-state index in [1.807, 2.05) is 24.3 Å². The molecule has 0 aliphatic rings. The molecule has 0 aliphatic heterocycles. The number of hydrogen-bond donors (Lipinski definition) is 1. The van der Waals surface area contributed by atoms with E-state index in [-0.39, 0.29) is 18.4 Å². The van der Waals surface area contributed by atoms with Gasteiger partial charge in [-0.25, -0.2) is 0 Å². The van der Waals surface area contributed by atoms with E-state index in [9.17, 15) is 0 Å². The highest BCUT2D eigenvalue weighted by atomic mass is 35.5. The summed E-state index contributed by atoms with van der Waals surface area (Å²) in [7, 11) is 0. The minimum atomic E-state index is 0. The Kier molecular flexibility index (Phi) is 6.98. The van der Waals surface area contributed by atoms with Crippen LogP contribution >= 0.6 is 24.0 Å². The van der Waals surface area contributed by atoms with E-state index in [0.29, 0.717) is 0 Å². The molecule has 0 heterocycles. The average Bonchev–Trinajstić information content (AvgIpc) is 2.14. The van der Waals surface area contributed by atoms with Crippen molar-refractivity contribution in [1.82, 2.24) is 0 Å². The van der Waals surface area contributed by atoms with Crippen molar-refractivity contribution in [2.45, 2.75) is 32.2 Å². The number of hydrogen-bond acceptors (Lipinski definition) is 1. The summed E-state index contributed by atoms with van der Waals surface area (Å²) >= 11 is 5.87. The molecule has 1 nitrogen and oxygen atoms in total. The molecule has 0 amide bonds. The number of rotatable bonds is 4. The number of halogens is 2. The summed E-state index contributed by atoms with van der Waals surface area (Å²) < 4.78 is 0. The zero-order valence-corrected chi connectivity index (χ0v) is 9.94. The van der Waals surface area contributed by atoms with Crippen molar-refractivity contribution in [1.29, 1.82) is 0 Å². The lowest BCUT2D eigenvalue weighted by Gasteiger charge is -2.11. The Labute approximate surface area is 97.1 Å². The lowest BCUT2D eigenvalue weighted by atomic mass is 10.0. The monoisotopic (exact) mass is 233 g/mol. The van der Waals surface area contributed by atoms with Gasteiger partial charge < -0.3 is 5.73 Å². The molecule has 3 heteroatoms. The van der Waals surface area contributed by atoms with Crippen molar-refractivity contribution in [3.8, 4) is 0 Å². The van der Waals surface area contributed by atoms with Gasteiger partial charge in [-0.15, -0.1) is 12.4 Å². The molecule has 0 saturated heterocycles. The second kappa shape index (κ2) is 7.10. The summed E-state index contributed by atoms with van der Waals surface area (Å²) in [4.78, 5) is 0. The highest BCUT2D eigenvalue weighted by Gasteiger charge is 2.04. The second-order valence-electron chi connectivity index (χ2n) is 3.30. The quantitative estimate of drug-likeness (QED) is 0.838. The summed E-state index contributed by atoms with van der Waals surface area (Å²) in [6.45, 7) is 2.17. The van der Waals surface area contributed by atoms with E-state index in [0.717, 1.165) is 17.0 Å². The molecule has 1 rings (SSSR count). The van der Waals surface area contributed by atoms with Crippen molar-refractivity contribution >= 4 is 24.0 Å². The van der Waals surface area contributed by atoms with E-state index in [1.54, 1.807) is 0 Å². The van der Waals surface area contributed by atoms with E-state index in [4.69, 9.17) is 17.3 Å². The van der Waals surface area contributed by atoms with Crippen LogP contribution in [0.15, 0.2) is 24.3 Å². The molecule has 0 bridgehead atoms. The molecular formula is C11H17Cl2N. The summed E-state index contributed by atoms with van der Waals surface area (Å²) in [5, 5.41) is 0.768. The van der Waals surface area contributed by atoms with Crippen LogP contribution in [0.25, 0.3) is 0 Å². The van der Waals surface area contributed by atoms with Crippen LogP contribution in [0.1, 0.15) is 37.8 Å². The molecule has 80 valence electrons. The van der Waals surface area contributed by atoms with Crippen molar-refractivity contribution in [2.24, 2.45) is 5.73 Å². The molecule has 0 radical (unpaired) electrons. The van der Waals surface area contributed by atoms with Gasteiger partial charge in [0.05, 0.1) is 0 Å². The molecule has 14 heavy (non-hydrogen) atoms. The Bertz CT molecular complexity index is 263. The third-order valence-corrected chi connectivity index (χ3v) is 2.38. The lowest BCUT2D eigenvalue weighted by Crippen LogP contribution is -2.09. The SMILES string of the molecule is CCCC[C@@H](N)c1cccc(Cl)c1.Cl. The first-order chi connectivity index (χ1) is 6.24. The molecule has 0 aliphatic carbocycles. The predicted molar refractivity (Wildman–Crippen MR) is 65.2 cm³/mol. The molecule has 2 N–H and O–H groups in total. The fourth-order valence-electron chi connectivity index (χ4n) is 1.33. The Balaban J connectivity index is 0.00000169. The van der Waals surface area contributed by atoms with E-state index in [1.165, 1.54) is 12.8 Å². The first kappa shape index (κ1) is 13.8. The zero-order valence-electron chi connectivity index (χ0n) is 8.37. The van der Waals surface area contributed by atoms with Crippen LogP contribution in [0.5, 0.6) is 0 Å². The van der Waals surface area contributed by atoms with Gasteiger partial charge in [0, 0.05) is 11.1 Å². The highest BCUT2D eigenvalue weighted by Crippen LogP contribution is 2.19. The fourth-order valence-corrected chi connectivity index (χ4v) is 1.53. The average molecular weight is 234 g/mol. The third kappa shape index (κ3) is 4.32. The molecule has 0 fully saturated rings. The third-order valence-electron chi connectivity index (χ3n) is 2.15. The largest absolute Gasteiger partial charge is 0.324 e. The molecule has 0 unspecified atom stereocenters. The standard InChI is InChI=1S/C11H16ClN.ClH/c1-2-3-7-11(13)9-5-4-6-10(12)8-9;/h4-6,8,11H,2-3,7,13H2,1H3;1H/t11-;/m1./s1. The maximum atomic E-state index is 5.99. The second-order valence-corrected chi connectivity index (χ2v) is 3.74. The van der Waals surface area contributed by atoms with Crippen LogP contribution in [-0.2, 0) is 0 Å². The van der Waals surface area contributed by atoms with Gasteiger partial charge in [0.25, 0.3) is 0 Å². The molecule has 1 aromatic carbocycles.